The highest BCUT2D eigenvalue weighted by Crippen LogP contribution is 2.21. The van der Waals surface area contributed by atoms with E-state index in [0.29, 0.717) is 12.8 Å². The standard InChI is InChI=1S/C14H29NO2/c1-5-6-7-8-9-13(17)15-12(10-11-16)14(2,3)4/h12,16H,5-11H2,1-4H3,(H,15,17). The second-order valence-electron chi connectivity index (χ2n) is 5.81. The molecule has 1 unspecified atom stereocenters. The Bertz CT molecular complexity index is 209. The topological polar surface area (TPSA) is 49.3 Å². The first-order valence-corrected chi connectivity index (χ1v) is 6.82. The second-order valence-corrected chi connectivity index (χ2v) is 5.81. The number of amides is 1. The van der Waals surface area contributed by atoms with E-state index >= 15 is 0 Å². The van der Waals surface area contributed by atoms with Crippen LogP contribution in [0.1, 0.15) is 66.2 Å². The highest BCUT2D eigenvalue weighted by molar-refractivity contribution is 5.76. The van der Waals surface area contributed by atoms with Crippen molar-refractivity contribution in [2.75, 3.05) is 6.61 Å². The van der Waals surface area contributed by atoms with E-state index in [4.69, 9.17) is 5.11 Å². The fourth-order valence-corrected chi connectivity index (χ4v) is 1.83. The van der Waals surface area contributed by atoms with Crippen LogP contribution in [0.15, 0.2) is 0 Å². The van der Waals surface area contributed by atoms with Gasteiger partial charge in [-0.2, -0.15) is 0 Å². The van der Waals surface area contributed by atoms with E-state index in [0.717, 1.165) is 12.8 Å². The molecule has 0 bridgehead atoms. The highest BCUT2D eigenvalue weighted by Gasteiger charge is 2.25. The minimum absolute atomic E-state index is 0.00179. The summed E-state index contributed by atoms with van der Waals surface area (Å²) in [6.07, 6.45) is 5.73. The molecule has 0 fully saturated rings. The van der Waals surface area contributed by atoms with Crippen LogP contribution in [0.3, 0.4) is 0 Å². The van der Waals surface area contributed by atoms with Crippen molar-refractivity contribution >= 4 is 5.91 Å². The third-order valence-corrected chi connectivity index (χ3v) is 3.06. The zero-order valence-corrected chi connectivity index (χ0v) is 11.9. The molecule has 3 heteroatoms. The van der Waals surface area contributed by atoms with Gasteiger partial charge in [-0.1, -0.05) is 47.0 Å². The summed E-state index contributed by atoms with van der Waals surface area (Å²) in [5.74, 6) is 0.120. The first-order chi connectivity index (χ1) is 7.91. The number of aliphatic hydroxyl groups is 1. The minimum Gasteiger partial charge on any atom is -0.396 e. The number of carbonyl (C=O) groups excluding carboxylic acids is 1. The van der Waals surface area contributed by atoms with Crippen molar-refractivity contribution in [2.24, 2.45) is 5.41 Å². The van der Waals surface area contributed by atoms with E-state index in [1.165, 1.54) is 12.8 Å². The van der Waals surface area contributed by atoms with Crippen LogP contribution < -0.4 is 5.32 Å². The summed E-state index contributed by atoms with van der Waals surface area (Å²) in [6, 6.07) is 0.0613. The summed E-state index contributed by atoms with van der Waals surface area (Å²) >= 11 is 0. The van der Waals surface area contributed by atoms with E-state index in [2.05, 4.69) is 33.0 Å². The fourth-order valence-electron chi connectivity index (χ4n) is 1.83. The lowest BCUT2D eigenvalue weighted by molar-refractivity contribution is -0.122. The molecule has 0 heterocycles. The summed E-state index contributed by atoms with van der Waals surface area (Å²) in [5, 5.41) is 12.0. The Hall–Kier alpha value is -0.570. The van der Waals surface area contributed by atoms with Gasteiger partial charge in [-0.25, -0.2) is 0 Å². The Morgan fingerprint density at radius 1 is 1.24 bits per heavy atom. The zero-order chi connectivity index (χ0) is 13.3. The lowest BCUT2D eigenvalue weighted by Gasteiger charge is -2.31. The Labute approximate surface area is 106 Å². The van der Waals surface area contributed by atoms with Crippen LogP contribution >= 0.6 is 0 Å². The molecule has 0 radical (unpaired) electrons. The molecule has 0 aromatic heterocycles. The van der Waals surface area contributed by atoms with Gasteiger partial charge in [-0.15, -0.1) is 0 Å². The normalized spacial score (nSPS) is 13.5. The molecule has 3 nitrogen and oxygen atoms in total. The van der Waals surface area contributed by atoms with Crippen LogP contribution in [0, 0.1) is 5.41 Å². The predicted octanol–water partition coefficient (Wildman–Crippen LogP) is 2.87. The second kappa shape index (κ2) is 8.51. The number of rotatable bonds is 8. The first kappa shape index (κ1) is 16.4. The molecule has 0 aliphatic heterocycles. The largest absolute Gasteiger partial charge is 0.396 e. The number of hydrogen-bond donors (Lipinski definition) is 2. The van der Waals surface area contributed by atoms with E-state index in [1.54, 1.807) is 0 Å². The van der Waals surface area contributed by atoms with Gasteiger partial charge in [-0.05, 0) is 18.3 Å². The van der Waals surface area contributed by atoms with Gasteiger partial charge in [0, 0.05) is 19.1 Å². The van der Waals surface area contributed by atoms with Gasteiger partial charge in [0.25, 0.3) is 0 Å². The van der Waals surface area contributed by atoms with Crippen LogP contribution in [0.5, 0.6) is 0 Å². The summed E-state index contributed by atoms with van der Waals surface area (Å²) in [7, 11) is 0. The molecule has 0 aromatic rings. The van der Waals surface area contributed by atoms with Gasteiger partial charge in [0.2, 0.25) is 5.91 Å². The van der Waals surface area contributed by atoms with Crippen LogP contribution in [0.2, 0.25) is 0 Å². The zero-order valence-electron chi connectivity index (χ0n) is 11.9. The summed E-state index contributed by atoms with van der Waals surface area (Å²) in [4.78, 5) is 11.7. The Morgan fingerprint density at radius 2 is 1.88 bits per heavy atom. The van der Waals surface area contributed by atoms with Gasteiger partial charge in [0.1, 0.15) is 0 Å². The van der Waals surface area contributed by atoms with Crippen LogP contribution in [-0.4, -0.2) is 23.7 Å². The molecule has 0 saturated heterocycles. The van der Waals surface area contributed by atoms with Gasteiger partial charge in [0.05, 0.1) is 0 Å². The van der Waals surface area contributed by atoms with E-state index in [-0.39, 0.29) is 24.0 Å². The molecule has 0 saturated carbocycles. The van der Waals surface area contributed by atoms with Gasteiger partial charge in [0.15, 0.2) is 0 Å². The molecule has 1 atom stereocenters. The number of hydrogen-bond acceptors (Lipinski definition) is 2. The SMILES string of the molecule is CCCCCCC(=O)NC(CCO)C(C)(C)C. The molecular weight excluding hydrogens is 214 g/mol. The number of carbonyl (C=O) groups is 1. The Kier molecular flexibility index (Phi) is 8.23. The van der Waals surface area contributed by atoms with Crippen molar-refractivity contribution in [1.82, 2.24) is 5.32 Å². The van der Waals surface area contributed by atoms with Crippen LogP contribution in [-0.2, 0) is 4.79 Å². The quantitative estimate of drug-likeness (QED) is 0.644. The average molecular weight is 243 g/mol. The molecule has 2 N–H and O–H groups in total. The third-order valence-electron chi connectivity index (χ3n) is 3.06. The van der Waals surface area contributed by atoms with Crippen molar-refractivity contribution in [3.63, 3.8) is 0 Å². The third kappa shape index (κ3) is 8.19. The summed E-state index contributed by atoms with van der Waals surface area (Å²) < 4.78 is 0. The molecule has 0 aromatic carbocycles. The molecule has 0 aliphatic carbocycles. The molecule has 0 spiro atoms. The Balaban J connectivity index is 3.96. The van der Waals surface area contributed by atoms with Crippen molar-refractivity contribution in [2.45, 2.75) is 72.3 Å². The first-order valence-electron chi connectivity index (χ1n) is 6.82. The number of aliphatic hydroxyl groups excluding tert-OH is 1. The van der Waals surface area contributed by atoms with Gasteiger partial charge in [-0.3, -0.25) is 4.79 Å². The van der Waals surface area contributed by atoms with Gasteiger partial charge < -0.3 is 10.4 Å². The minimum atomic E-state index is 0.00179. The molecule has 17 heavy (non-hydrogen) atoms. The number of nitrogens with one attached hydrogen (secondary N) is 1. The predicted molar refractivity (Wildman–Crippen MR) is 71.8 cm³/mol. The van der Waals surface area contributed by atoms with Crippen molar-refractivity contribution in [3.8, 4) is 0 Å². The maximum absolute atomic E-state index is 11.7. The lowest BCUT2D eigenvalue weighted by Crippen LogP contribution is -2.44. The van der Waals surface area contributed by atoms with Crippen LogP contribution in [0.25, 0.3) is 0 Å². The maximum atomic E-state index is 11.7. The molecule has 0 rings (SSSR count). The molecular formula is C14H29NO2. The summed E-state index contributed by atoms with van der Waals surface area (Å²) in [6.45, 7) is 8.55. The summed E-state index contributed by atoms with van der Waals surface area (Å²) in [5.41, 5.74) is 0.00179. The molecule has 1 amide bonds. The van der Waals surface area contributed by atoms with E-state index in [1.807, 2.05) is 0 Å². The van der Waals surface area contributed by atoms with Crippen molar-refractivity contribution < 1.29 is 9.90 Å². The maximum Gasteiger partial charge on any atom is 0.220 e. The fraction of sp³-hybridized carbons (Fsp3) is 0.929. The average Bonchev–Trinajstić information content (AvgIpc) is 2.22. The van der Waals surface area contributed by atoms with Gasteiger partial charge >= 0.3 is 0 Å². The number of unbranched alkanes of at least 4 members (excludes halogenated alkanes) is 3. The van der Waals surface area contributed by atoms with Crippen molar-refractivity contribution in [1.29, 1.82) is 0 Å². The van der Waals surface area contributed by atoms with Crippen LogP contribution in [0.4, 0.5) is 0 Å². The smallest absolute Gasteiger partial charge is 0.220 e. The lowest BCUT2D eigenvalue weighted by atomic mass is 9.85. The van der Waals surface area contributed by atoms with E-state index < -0.39 is 0 Å². The van der Waals surface area contributed by atoms with Crippen molar-refractivity contribution in [3.05, 3.63) is 0 Å². The molecule has 0 aliphatic rings. The monoisotopic (exact) mass is 243 g/mol. The highest BCUT2D eigenvalue weighted by atomic mass is 16.3. The Morgan fingerprint density at radius 3 is 2.35 bits per heavy atom. The molecule has 102 valence electrons. The van der Waals surface area contributed by atoms with E-state index in [9.17, 15) is 4.79 Å².